The van der Waals surface area contributed by atoms with Crippen LogP contribution in [-0.2, 0) is 65.0 Å². The smallest absolute Gasteiger partial charge is 0.279 e. The van der Waals surface area contributed by atoms with Gasteiger partial charge in [-0.25, -0.2) is 0 Å². The summed E-state index contributed by atoms with van der Waals surface area (Å²) in [5.74, 6) is 0. The second kappa shape index (κ2) is 8.21. The number of rotatable bonds is 0. The third kappa shape index (κ3) is 11.9. The van der Waals surface area contributed by atoms with Gasteiger partial charge in [0.25, 0.3) is 0 Å². The zero-order chi connectivity index (χ0) is 14.0. The Morgan fingerprint density at radius 2 is 0.722 bits per heavy atom. The van der Waals surface area contributed by atoms with Crippen molar-refractivity contribution in [3.8, 4) is 0 Å². The van der Waals surface area contributed by atoms with E-state index in [1.807, 2.05) is 0 Å². The van der Waals surface area contributed by atoms with Gasteiger partial charge in [-0.15, -0.1) is 0 Å². The molecule has 0 atom stereocenters. The van der Waals surface area contributed by atoms with Gasteiger partial charge in [-0.3, -0.25) is 9.11 Å². The maximum absolute atomic E-state index is 10.7. The van der Waals surface area contributed by atoms with E-state index in [2.05, 4.69) is 0 Å². The SMILES string of the molecule is O=S(=O)(O)C(F)(F)F.O=S(=O)(O)C(F)(F)F.[Fe].[Hg]. The van der Waals surface area contributed by atoms with E-state index in [0.29, 0.717) is 0 Å². The van der Waals surface area contributed by atoms with Crippen molar-refractivity contribution in [1.82, 2.24) is 0 Å². The summed E-state index contributed by atoms with van der Waals surface area (Å²) in [6, 6.07) is 0. The van der Waals surface area contributed by atoms with Crippen molar-refractivity contribution in [3.63, 3.8) is 0 Å². The van der Waals surface area contributed by atoms with Crippen molar-refractivity contribution in [2.24, 2.45) is 0 Å². The molecule has 16 heteroatoms. The van der Waals surface area contributed by atoms with Crippen molar-refractivity contribution < 1.29 is 97.0 Å². The van der Waals surface area contributed by atoms with E-state index in [4.69, 9.17) is 25.9 Å². The van der Waals surface area contributed by atoms with Crippen LogP contribution in [0.15, 0.2) is 0 Å². The number of halogens is 6. The van der Waals surface area contributed by atoms with Gasteiger partial charge >= 0.3 is 31.3 Å². The van der Waals surface area contributed by atoms with E-state index in [1.54, 1.807) is 0 Å². The Bertz CT molecular complexity index is 380. The van der Waals surface area contributed by atoms with E-state index in [0.717, 1.165) is 0 Å². The van der Waals surface area contributed by atoms with E-state index in [1.165, 1.54) is 0 Å². The van der Waals surface area contributed by atoms with Crippen LogP contribution in [0.2, 0.25) is 0 Å². The second-order valence-electron chi connectivity index (χ2n) is 1.84. The molecule has 0 saturated carbocycles. The number of hydrogen-bond donors (Lipinski definition) is 2. The monoisotopic (exact) mass is 558 g/mol. The summed E-state index contributed by atoms with van der Waals surface area (Å²) in [6.07, 6.45) is 0. The molecule has 2 N–H and O–H groups in total. The Labute approximate surface area is 128 Å². The average molecular weight is 557 g/mol. The first-order valence-electron chi connectivity index (χ1n) is 2.57. The molecule has 0 aliphatic rings. The molecule has 110 valence electrons. The van der Waals surface area contributed by atoms with Crippen molar-refractivity contribution >= 4 is 20.2 Å². The molecule has 0 rings (SSSR count). The predicted octanol–water partition coefficient (Wildman–Crippen LogP) is 0.783. The van der Waals surface area contributed by atoms with Gasteiger partial charge < -0.3 is 0 Å². The molecule has 0 aromatic heterocycles. The Balaban J connectivity index is -0.0000000980. The van der Waals surface area contributed by atoms with Gasteiger partial charge in [-0.1, -0.05) is 0 Å². The van der Waals surface area contributed by atoms with Crippen molar-refractivity contribution in [3.05, 3.63) is 0 Å². The van der Waals surface area contributed by atoms with Crippen molar-refractivity contribution in [2.45, 2.75) is 11.0 Å². The Hall–Kier alpha value is 0.855. The van der Waals surface area contributed by atoms with E-state index in [9.17, 15) is 26.3 Å². The molecule has 0 aliphatic carbocycles. The van der Waals surface area contributed by atoms with Gasteiger partial charge in [0.05, 0.1) is 0 Å². The first kappa shape index (κ1) is 27.2. The van der Waals surface area contributed by atoms with Crippen LogP contribution in [0.3, 0.4) is 0 Å². The van der Waals surface area contributed by atoms with Gasteiger partial charge in [0.15, 0.2) is 0 Å². The third-order valence-corrected chi connectivity index (χ3v) is 1.75. The van der Waals surface area contributed by atoms with Crippen LogP contribution < -0.4 is 0 Å². The van der Waals surface area contributed by atoms with E-state index in [-0.39, 0.29) is 44.7 Å². The minimum Gasteiger partial charge on any atom is -0.279 e. The van der Waals surface area contributed by atoms with Gasteiger partial charge in [0.2, 0.25) is 0 Å². The summed E-state index contributed by atoms with van der Waals surface area (Å²) < 4.78 is 115. The van der Waals surface area contributed by atoms with Crippen LogP contribution in [0, 0.1) is 0 Å². The Morgan fingerprint density at radius 1 is 0.667 bits per heavy atom. The Kier molecular flexibility index (Phi) is 12.4. The van der Waals surface area contributed by atoms with Gasteiger partial charge in [0, 0.05) is 44.7 Å². The molecule has 0 saturated heterocycles. The van der Waals surface area contributed by atoms with Crippen molar-refractivity contribution in [1.29, 1.82) is 0 Å². The predicted molar refractivity (Wildman–Crippen MR) is 35.2 cm³/mol. The molecule has 0 aromatic rings. The normalized spacial score (nSPS) is 12.4. The minimum atomic E-state index is -5.84. The zero-order valence-electron chi connectivity index (χ0n) is 7.67. The standard InChI is InChI=1S/2CHF3O3S.Fe.Hg/c2*2-1(3,4)8(5,6)7;;/h2*(H,5,6,7);;. The van der Waals surface area contributed by atoms with E-state index < -0.39 is 31.3 Å². The van der Waals surface area contributed by atoms with Crippen LogP contribution in [-0.4, -0.2) is 37.0 Å². The van der Waals surface area contributed by atoms with Gasteiger partial charge in [-0.2, -0.15) is 43.2 Å². The molecule has 0 fully saturated rings. The maximum atomic E-state index is 10.7. The van der Waals surface area contributed by atoms with Gasteiger partial charge in [0.1, 0.15) is 0 Å². The van der Waals surface area contributed by atoms with Crippen LogP contribution in [0.1, 0.15) is 0 Å². The summed E-state index contributed by atoms with van der Waals surface area (Å²) >= 11 is 0. The first-order valence-corrected chi connectivity index (χ1v) is 5.45. The fourth-order valence-electron chi connectivity index (χ4n) is 0. The second-order valence-corrected chi connectivity index (χ2v) is 4.67. The van der Waals surface area contributed by atoms with Crippen LogP contribution >= 0.6 is 0 Å². The largest absolute Gasteiger partial charge is 0.522 e. The summed E-state index contributed by atoms with van der Waals surface area (Å²) in [5.41, 5.74) is -11.1. The average Bonchev–Trinajstić information content (AvgIpc) is 1.77. The quantitative estimate of drug-likeness (QED) is 0.198. The van der Waals surface area contributed by atoms with E-state index >= 15 is 0 Å². The molecule has 0 heterocycles. The summed E-state index contributed by atoms with van der Waals surface area (Å²) in [7, 11) is -11.7. The van der Waals surface area contributed by atoms with Crippen LogP contribution in [0.25, 0.3) is 0 Å². The van der Waals surface area contributed by atoms with Crippen LogP contribution in [0.5, 0.6) is 0 Å². The maximum Gasteiger partial charge on any atom is 0.522 e. The molecule has 0 spiro atoms. The third-order valence-electron chi connectivity index (χ3n) is 0.585. The molecule has 0 aliphatic heterocycles. The molecular formula is C2H2F6FeHgO6S2. The molecule has 0 amide bonds. The summed E-state index contributed by atoms with van der Waals surface area (Å²) in [5, 5.41) is 0. The molecule has 6 nitrogen and oxygen atoms in total. The summed E-state index contributed by atoms with van der Waals surface area (Å²) in [4.78, 5) is 0. The molecule has 0 aromatic carbocycles. The molecule has 0 bridgehead atoms. The van der Waals surface area contributed by atoms with Gasteiger partial charge in [-0.05, 0) is 0 Å². The first-order chi connectivity index (χ1) is 6.50. The molecule has 0 unspecified atom stereocenters. The Morgan fingerprint density at radius 3 is 0.722 bits per heavy atom. The van der Waals surface area contributed by atoms with Crippen LogP contribution in [0.4, 0.5) is 26.3 Å². The topological polar surface area (TPSA) is 109 Å². The summed E-state index contributed by atoms with van der Waals surface area (Å²) in [6.45, 7) is 0. The fourth-order valence-corrected chi connectivity index (χ4v) is 0. The molecule has 18 heavy (non-hydrogen) atoms. The number of alkyl halides is 6. The van der Waals surface area contributed by atoms with Crippen molar-refractivity contribution in [2.75, 3.05) is 0 Å². The zero-order valence-corrected chi connectivity index (χ0v) is 15.9. The number of hydrogen-bond acceptors (Lipinski definition) is 4. The molecule has 0 radical (unpaired) electrons. The molecular weight excluding hydrogens is 555 g/mol. The minimum absolute atomic E-state index is 0. The fraction of sp³-hybridized carbons (Fsp3) is 1.00.